The third kappa shape index (κ3) is 3.17. The minimum Gasteiger partial charge on any atom is -0.466 e. The third-order valence-electron chi connectivity index (χ3n) is 2.49. The second kappa shape index (κ2) is 5.00. The Morgan fingerprint density at radius 1 is 1.46 bits per heavy atom. The summed E-state index contributed by atoms with van der Waals surface area (Å²) in [7, 11) is 0. The standard InChI is InChI=1S/C10H17NO2/c1-2-13-10(12)7-9(11)8-5-3-4-6-8/h8,11H,2-7H2,1H3. The van der Waals surface area contributed by atoms with Crippen LogP contribution >= 0.6 is 0 Å². The molecule has 1 aliphatic carbocycles. The quantitative estimate of drug-likeness (QED) is 0.536. The third-order valence-corrected chi connectivity index (χ3v) is 2.49. The highest BCUT2D eigenvalue weighted by Gasteiger charge is 2.21. The first-order valence-electron chi connectivity index (χ1n) is 4.97. The summed E-state index contributed by atoms with van der Waals surface area (Å²) >= 11 is 0. The van der Waals surface area contributed by atoms with Crippen molar-refractivity contribution in [1.82, 2.24) is 0 Å². The van der Waals surface area contributed by atoms with Crippen molar-refractivity contribution in [2.24, 2.45) is 5.92 Å². The van der Waals surface area contributed by atoms with Crippen LogP contribution in [0.5, 0.6) is 0 Å². The van der Waals surface area contributed by atoms with E-state index in [0.29, 0.717) is 18.2 Å². The van der Waals surface area contributed by atoms with E-state index in [1.54, 1.807) is 6.92 Å². The molecule has 0 aliphatic heterocycles. The van der Waals surface area contributed by atoms with Crippen molar-refractivity contribution in [3.8, 4) is 0 Å². The van der Waals surface area contributed by atoms with Crippen molar-refractivity contribution in [2.45, 2.75) is 39.0 Å². The first-order chi connectivity index (χ1) is 6.24. The second-order valence-electron chi connectivity index (χ2n) is 3.49. The summed E-state index contributed by atoms with van der Waals surface area (Å²) in [5.41, 5.74) is 0.566. The summed E-state index contributed by atoms with van der Waals surface area (Å²) in [6.45, 7) is 2.20. The first kappa shape index (κ1) is 10.2. The van der Waals surface area contributed by atoms with E-state index in [2.05, 4.69) is 0 Å². The van der Waals surface area contributed by atoms with Crippen molar-refractivity contribution >= 4 is 11.7 Å². The Bertz CT molecular complexity index is 195. The monoisotopic (exact) mass is 183 g/mol. The fourth-order valence-corrected chi connectivity index (χ4v) is 1.79. The molecule has 1 aliphatic rings. The molecule has 13 heavy (non-hydrogen) atoms. The molecule has 0 saturated heterocycles. The molecule has 0 aromatic rings. The van der Waals surface area contributed by atoms with Crippen LogP contribution in [0.25, 0.3) is 0 Å². The van der Waals surface area contributed by atoms with Gasteiger partial charge in [-0.05, 0) is 25.7 Å². The van der Waals surface area contributed by atoms with Gasteiger partial charge < -0.3 is 10.1 Å². The Morgan fingerprint density at radius 2 is 2.08 bits per heavy atom. The molecule has 0 bridgehead atoms. The van der Waals surface area contributed by atoms with Crippen LogP contribution in [0.2, 0.25) is 0 Å². The van der Waals surface area contributed by atoms with E-state index in [-0.39, 0.29) is 12.4 Å². The van der Waals surface area contributed by atoms with Crippen molar-refractivity contribution in [3.05, 3.63) is 0 Å². The molecule has 1 fully saturated rings. The van der Waals surface area contributed by atoms with Gasteiger partial charge in [0.15, 0.2) is 0 Å². The molecule has 1 N–H and O–H groups in total. The first-order valence-corrected chi connectivity index (χ1v) is 4.97. The Hall–Kier alpha value is -0.860. The maximum Gasteiger partial charge on any atom is 0.311 e. The van der Waals surface area contributed by atoms with E-state index in [9.17, 15) is 4.79 Å². The van der Waals surface area contributed by atoms with Crippen LogP contribution in [0.4, 0.5) is 0 Å². The minimum atomic E-state index is -0.251. The molecular weight excluding hydrogens is 166 g/mol. The van der Waals surface area contributed by atoms with Gasteiger partial charge in [-0.2, -0.15) is 0 Å². The second-order valence-corrected chi connectivity index (χ2v) is 3.49. The summed E-state index contributed by atoms with van der Waals surface area (Å²) in [6.07, 6.45) is 4.76. The van der Waals surface area contributed by atoms with Gasteiger partial charge in [0, 0.05) is 5.71 Å². The lowest BCUT2D eigenvalue weighted by atomic mass is 9.99. The molecule has 1 saturated carbocycles. The molecule has 0 atom stereocenters. The number of carbonyl (C=O) groups excluding carboxylic acids is 1. The van der Waals surface area contributed by atoms with Crippen LogP contribution < -0.4 is 0 Å². The van der Waals surface area contributed by atoms with E-state index in [0.717, 1.165) is 12.8 Å². The number of nitrogens with one attached hydrogen (secondary N) is 1. The molecule has 0 heterocycles. The molecule has 3 nitrogen and oxygen atoms in total. The predicted octanol–water partition coefficient (Wildman–Crippen LogP) is 2.15. The maximum atomic E-state index is 11.0. The number of hydrogen-bond acceptors (Lipinski definition) is 3. The highest BCUT2D eigenvalue weighted by atomic mass is 16.5. The molecule has 3 heteroatoms. The zero-order chi connectivity index (χ0) is 9.68. The number of carbonyl (C=O) groups is 1. The molecule has 0 unspecified atom stereocenters. The fraction of sp³-hybridized carbons (Fsp3) is 0.800. The van der Waals surface area contributed by atoms with Crippen LogP contribution in [-0.2, 0) is 9.53 Å². The van der Waals surface area contributed by atoms with E-state index in [1.165, 1.54) is 12.8 Å². The summed E-state index contributed by atoms with van der Waals surface area (Å²) in [5, 5.41) is 7.69. The van der Waals surface area contributed by atoms with Crippen LogP contribution in [0.3, 0.4) is 0 Å². The van der Waals surface area contributed by atoms with Crippen molar-refractivity contribution < 1.29 is 9.53 Å². The van der Waals surface area contributed by atoms with Gasteiger partial charge in [0.1, 0.15) is 0 Å². The Labute approximate surface area is 79.0 Å². The van der Waals surface area contributed by atoms with Gasteiger partial charge in [0.25, 0.3) is 0 Å². The molecule has 0 aromatic heterocycles. The highest BCUT2D eigenvalue weighted by molar-refractivity contribution is 5.98. The summed E-state index contributed by atoms with van der Waals surface area (Å²) in [4.78, 5) is 11.0. The molecule has 0 spiro atoms. The molecule has 0 radical (unpaired) electrons. The maximum absolute atomic E-state index is 11.0. The Morgan fingerprint density at radius 3 is 2.62 bits per heavy atom. The largest absolute Gasteiger partial charge is 0.466 e. The molecule has 1 rings (SSSR count). The van der Waals surface area contributed by atoms with Crippen molar-refractivity contribution in [1.29, 1.82) is 5.41 Å². The Kier molecular flexibility index (Phi) is 3.93. The highest BCUT2D eigenvalue weighted by Crippen LogP contribution is 2.26. The molecule has 0 amide bonds. The van der Waals surface area contributed by atoms with Crippen LogP contribution in [0.1, 0.15) is 39.0 Å². The molecule has 74 valence electrons. The lowest BCUT2D eigenvalue weighted by Gasteiger charge is -2.09. The van der Waals surface area contributed by atoms with Crippen molar-refractivity contribution in [3.63, 3.8) is 0 Å². The zero-order valence-electron chi connectivity index (χ0n) is 8.14. The van der Waals surface area contributed by atoms with Gasteiger partial charge in [-0.3, -0.25) is 4.79 Å². The normalized spacial score (nSPS) is 17.3. The van der Waals surface area contributed by atoms with E-state index < -0.39 is 0 Å². The van der Waals surface area contributed by atoms with E-state index in [4.69, 9.17) is 10.1 Å². The average Bonchev–Trinajstić information content (AvgIpc) is 2.55. The van der Waals surface area contributed by atoms with E-state index >= 15 is 0 Å². The lowest BCUT2D eigenvalue weighted by molar-refractivity contribution is -0.141. The molecular formula is C10H17NO2. The van der Waals surface area contributed by atoms with Gasteiger partial charge in [0.05, 0.1) is 13.0 Å². The number of hydrogen-bond donors (Lipinski definition) is 1. The topological polar surface area (TPSA) is 50.2 Å². The van der Waals surface area contributed by atoms with Gasteiger partial charge >= 0.3 is 5.97 Å². The smallest absolute Gasteiger partial charge is 0.311 e. The van der Waals surface area contributed by atoms with Crippen LogP contribution in [-0.4, -0.2) is 18.3 Å². The SMILES string of the molecule is CCOC(=O)CC(=N)C1CCCC1. The zero-order valence-corrected chi connectivity index (χ0v) is 8.14. The van der Waals surface area contributed by atoms with E-state index in [1.807, 2.05) is 0 Å². The number of esters is 1. The van der Waals surface area contributed by atoms with Gasteiger partial charge in [0.2, 0.25) is 0 Å². The fourth-order valence-electron chi connectivity index (χ4n) is 1.79. The Balaban J connectivity index is 2.27. The van der Waals surface area contributed by atoms with Gasteiger partial charge in [-0.25, -0.2) is 0 Å². The number of rotatable bonds is 4. The van der Waals surface area contributed by atoms with Crippen LogP contribution in [0, 0.1) is 11.3 Å². The minimum absolute atomic E-state index is 0.193. The summed E-state index contributed by atoms with van der Waals surface area (Å²) in [6, 6.07) is 0. The summed E-state index contributed by atoms with van der Waals surface area (Å²) < 4.78 is 4.79. The lowest BCUT2D eigenvalue weighted by Crippen LogP contribution is -2.16. The van der Waals surface area contributed by atoms with Gasteiger partial charge in [-0.1, -0.05) is 12.8 Å². The average molecular weight is 183 g/mol. The number of ether oxygens (including phenoxy) is 1. The van der Waals surface area contributed by atoms with Gasteiger partial charge in [-0.15, -0.1) is 0 Å². The van der Waals surface area contributed by atoms with Crippen LogP contribution in [0.15, 0.2) is 0 Å². The van der Waals surface area contributed by atoms with Crippen molar-refractivity contribution in [2.75, 3.05) is 6.61 Å². The molecule has 0 aromatic carbocycles. The summed E-state index contributed by atoms with van der Waals surface area (Å²) in [5.74, 6) is 0.101. The predicted molar refractivity (Wildman–Crippen MR) is 50.9 cm³/mol.